The quantitative estimate of drug-likeness (QED) is 0.887. The average molecular weight is 246 g/mol. The molecule has 2 aliphatic rings. The highest BCUT2D eigenvalue weighted by molar-refractivity contribution is 5.30. The zero-order valence-electron chi connectivity index (χ0n) is 11.1. The predicted octanol–water partition coefficient (Wildman–Crippen LogP) is 2.13. The molecule has 18 heavy (non-hydrogen) atoms. The number of likely N-dealkylation sites (N-methyl/N-ethyl adjacent to an activating group) is 1. The molecule has 0 bridgehead atoms. The molecule has 0 radical (unpaired) electrons. The fourth-order valence-electron chi connectivity index (χ4n) is 4.02. The highest BCUT2D eigenvalue weighted by Crippen LogP contribution is 2.59. The minimum Gasteiger partial charge on any atom is -0.381 e. The molecule has 98 valence electrons. The van der Waals surface area contributed by atoms with Crippen molar-refractivity contribution >= 4 is 0 Å². The lowest BCUT2D eigenvalue weighted by atomic mass is 9.48. The number of nitrogens with one attached hydrogen (secondary N) is 1. The molecular weight excluding hydrogens is 224 g/mol. The van der Waals surface area contributed by atoms with Gasteiger partial charge in [-0.05, 0) is 55.8 Å². The van der Waals surface area contributed by atoms with Gasteiger partial charge in [-0.2, -0.15) is 0 Å². The first kappa shape index (κ1) is 12.1. The van der Waals surface area contributed by atoms with E-state index in [1.165, 1.54) is 31.2 Å². The molecule has 1 saturated heterocycles. The molecular formula is C15H22N2O. The van der Waals surface area contributed by atoms with E-state index in [0.29, 0.717) is 10.8 Å². The first-order valence-corrected chi connectivity index (χ1v) is 6.92. The summed E-state index contributed by atoms with van der Waals surface area (Å²) in [6, 6.07) is 4.37. The van der Waals surface area contributed by atoms with Crippen LogP contribution in [-0.2, 0) is 10.2 Å². The van der Waals surface area contributed by atoms with E-state index in [1.807, 2.05) is 12.4 Å². The molecule has 1 spiro atoms. The third-order valence-corrected chi connectivity index (χ3v) is 4.79. The lowest BCUT2D eigenvalue weighted by Crippen LogP contribution is -2.56. The molecule has 1 aliphatic carbocycles. The third kappa shape index (κ3) is 1.95. The summed E-state index contributed by atoms with van der Waals surface area (Å²) in [5.41, 5.74) is 2.33. The number of nitrogens with zero attached hydrogens (tertiary/aromatic N) is 1. The van der Waals surface area contributed by atoms with Gasteiger partial charge in [0.2, 0.25) is 0 Å². The third-order valence-electron chi connectivity index (χ3n) is 4.79. The Morgan fingerprint density at radius 1 is 1.22 bits per heavy atom. The van der Waals surface area contributed by atoms with Gasteiger partial charge in [0.15, 0.2) is 0 Å². The topological polar surface area (TPSA) is 34.2 Å². The normalized spacial score (nSPS) is 24.7. The summed E-state index contributed by atoms with van der Waals surface area (Å²) in [7, 11) is 2.05. The molecule has 0 atom stereocenters. The largest absolute Gasteiger partial charge is 0.381 e. The summed E-state index contributed by atoms with van der Waals surface area (Å²) in [6.45, 7) is 2.97. The molecule has 1 aromatic heterocycles. The summed E-state index contributed by atoms with van der Waals surface area (Å²) < 4.78 is 5.51. The van der Waals surface area contributed by atoms with E-state index in [-0.39, 0.29) is 0 Å². The molecule has 1 aliphatic heterocycles. The number of ether oxygens (including phenoxy) is 1. The Balaban J connectivity index is 1.79. The van der Waals surface area contributed by atoms with Gasteiger partial charge in [0, 0.05) is 37.6 Å². The van der Waals surface area contributed by atoms with Crippen LogP contribution in [-0.4, -0.2) is 31.8 Å². The smallest absolute Gasteiger partial charge is 0.0471 e. The number of hydrogen-bond donors (Lipinski definition) is 1. The fourth-order valence-corrected chi connectivity index (χ4v) is 4.02. The Hall–Kier alpha value is -0.930. The molecule has 3 rings (SSSR count). The molecule has 1 N–H and O–H groups in total. The van der Waals surface area contributed by atoms with E-state index in [0.717, 1.165) is 19.8 Å². The molecule has 2 heterocycles. The Morgan fingerprint density at radius 2 is 1.89 bits per heavy atom. The second-order valence-electron chi connectivity index (χ2n) is 6.01. The van der Waals surface area contributed by atoms with Gasteiger partial charge in [-0.15, -0.1) is 0 Å². The maximum Gasteiger partial charge on any atom is 0.0471 e. The van der Waals surface area contributed by atoms with Crippen LogP contribution in [0.15, 0.2) is 24.5 Å². The van der Waals surface area contributed by atoms with E-state index in [2.05, 4.69) is 29.5 Å². The Kier molecular flexibility index (Phi) is 3.12. The molecule has 0 unspecified atom stereocenters. The SMILES string of the molecule is CNCC1(c2ccncc2)CC2(CCOCC2)C1. The number of hydrogen-bond acceptors (Lipinski definition) is 3. The maximum absolute atomic E-state index is 5.51. The van der Waals surface area contributed by atoms with Gasteiger partial charge in [-0.1, -0.05) is 0 Å². The molecule has 3 heteroatoms. The molecule has 0 aromatic carbocycles. The van der Waals surface area contributed by atoms with Crippen molar-refractivity contribution in [3.8, 4) is 0 Å². The number of pyridine rings is 1. The molecule has 0 amide bonds. The van der Waals surface area contributed by atoms with Crippen LogP contribution in [0.1, 0.15) is 31.2 Å². The fraction of sp³-hybridized carbons (Fsp3) is 0.667. The molecule has 3 nitrogen and oxygen atoms in total. The van der Waals surface area contributed by atoms with Crippen LogP contribution in [0.2, 0.25) is 0 Å². The predicted molar refractivity (Wildman–Crippen MR) is 71.6 cm³/mol. The van der Waals surface area contributed by atoms with E-state index in [1.54, 1.807) is 0 Å². The zero-order valence-corrected chi connectivity index (χ0v) is 11.1. The van der Waals surface area contributed by atoms with Crippen molar-refractivity contribution in [2.75, 3.05) is 26.8 Å². The first-order valence-electron chi connectivity index (χ1n) is 6.92. The summed E-state index contributed by atoms with van der Waals surface area (Å²) in [5, 5.41) is 3.38. The van der Waals surface area contributed by atoms with E-state index < -0.39 is 0 Å². The second-order valence-corrected chi connectivity index (χ2v) is 6.01. The molecule has 1 saturated carbocycles. The van der Waals surface area contributed by atoms with Crippen molar-refractivity contribution in [1.82, 2.24) is 10.3 Å². The highest BCUT2D eigenvalue weighted by atomic mass is 16.5. The van der Waals surface area contributed by atoms with Gasteiger partial charge in [0.1, 0.15) is 0 Å². The summed E-state index contributed by atoms with van der Waals surface area (Å²) in [5.74, 6) is 0. The standard InChI is InChI=1S/C15H22N2O/c1-16-12-15(13-2-6-17-7-3-13)10-14(11-15)4-8-18-9-5-14/h2-3,6-7,16H,4-5,8-12H2,1H3. The van der Waals surface area contributed by atoms with Crippen LogP contribution in [0.3, 0.4) is 0 Å². The Labute approximate surface area is 109 Å². The lowest BCUT2D eigenvalue weighted by Gasteiger charge is -2.58. The van der Waals surface area contributed by atoms with Crippen LogP contribution in [0.5, 0.6) is 0 Å². The van der Waals surface area contributed by atoms with Gasteiger partial charge in [0.05, 0.1) is 0 Å². The van der Waals surface area contributed by atoms with Crippen molar-refractivity contribution < 1.29 is 4.74 Å². The van der Waals surface area contributed by atoms with Crippen molar-refractivity contribution in [2.45, 2.75) is 31.1 Å². The number of rotatable bonds is 3. The van der Waals surface area contributed by atoms with Crippen molar-refractivity contribution in [3.63, 3.8) is 0 Å². The van der Waals surface area contributed by atoms with Crippen LogP contribution in [0.25, 0.3) is 0 Å². The van der Waals surface area contributed by atoms with Crippen molar-refractivity contribution in [2.24, 2.45) is 5.41 Å². The minimum absolute atomic E-state index is 0.328. The minimum atomic E-state index is 0.328. The Bertz CT molecular complexity index is 390. The lowest BCUT2D eigenvalue weighted by molar-refractivity contribution is -0.0732. The van der Waals surface area contributed by atoms with Crippen LogP contribution in [0, 0.1) is 5.41 Å². The van der Waals surface area contributed by atoms with E-state index >= 15 is 0 Å². The monoisotopic (exact) mass is 246 g/mol. The maximum atomic E-state index is 5.51. The number of aromatic nitrogens is 1. The second kappa shape index (κ2) is 4.63. The molecule has 2 fully saturated rings. The average Bonchev–Trinajstić information content (AvgIpc) is 2.39. The van der Waals surface area contributed by atoms with E-state index in [4.69, 9.17) is 4.74 Å². The van der Waals surface area contributed by atoms with Gasteiger partial charge in [-0.25, -0.2) is 0 Å². The van der Waals surface area contributed by atoms with E-state index in [9.17, 15) is 0 Å². The van der Waals surface area contributed by atoms with Crippen LogP contribution in [0.4, 0.5) is 0 Å². The molecule has 1 aromatic rings. The van der Waals surface area contributed by atoms with Crippen LogP contribution < -0.4 is 5.32 Å². The summed E-state index contributed by atoms with van der Waals surface area (Å²) in [6.07, 6.45) is 8.92. The van der Waals surface area contributed by atoms with Gasteiger partial charge < -0.3 is 10.1 Å². The van der Waals surface area contributed by atoms with Gasteiger partial charge in [-0.3, -0.25) is 4.98 Å². The summed E-state index contributed by atoms with van der Waals surface area (Å²) in [4.78, 5) is 4.14. The Morgan fingerprint density at radius 3 is 2.50 bits per heavy atom. The van der Waals surface area contributed by atoms with Gasteiger partial charge in [0.25, 0.3) is 0 Å². The zero-order chi connectivity index (χ0) is 12.5. The first-order chi connectivity index (χ1) is 8.79. The van der Waals surface area contributed by atoms with Crippen molar-refractivity contribution in [1.29, 1.82) is 0 Å². The summed E-state index contributed by atoms with van der Waals surface area (Å²) >= 11 is 0. The van der Waals surface area contributed by atoms with Gasteiger partial charge >= 0.3 is 0 Å². The highest BCUT2D eigenvalue weighted by Gasteiger charge is 2.54. The van der Waals surface area contributed by atoms with Crippen molar-refractivity contribution in [3.05, 3.63) is 30.1 Å². The van der Waals surface area contributed by atoms with Crippen LogP contribution >= 0.6 is 0 Å².